The number of amides is 1. The quantitative estimate of drug-likeness (QED) is 0.519. The fourth-order valence-corrected chi connectivity index (χ4v) is 1.31. The number of hydrogen-bond donors (Lipinski definition) is 0. The number of halogens is 1. The molecule has 0 radical (unpaired) electrons. The summed E-state index contributed by atoms with van der Waals surface area (Å²) < 4.78 is 0. The second-order valence-electron chi connectivity index (χ2n) is 1.32. The molecule has 1 heterocycles. The first-order valence-electron chi connectivity index (χ1n) is 2.12. The Kier molecular flexibility index (Phi) is 1.91. The number of rotatable bonds is 1. The summed E-state index contributed by atoms with van der Waals surface area (Å²) in [6.07, 6.45) is 0. The molecule has 44 valence electrons. The average Bonchev–Trinajstić information content (AvgIpc) is 2.14. The third-order valence-corrected chi connectivity index (χ3v) is 2.10. The lowest BCUT2D eigenvalue weighted by molar-refractivity contribution is -0.115. The van der Waals surface area contributed by atoms with Gasteiger partial charge in [0.05, 0.1) is 16.7 Å². The smallest absolute Gasteiger partial charge is 0.256 e. The highest BCUT2D eigenvalue weighted by molar-refractivity contribution is 8.15. The van der Waals surface area contributed by atoms with E-state index >= 15 is 0 Å². The van der Waals surface area contributed by atoms with Crippen LogP contribution in [0.5, 0.6) is 0 Å². The molecule has 0 unspecified atom stereocenters. The molecule has 0 atom stereocenters. The van der Waals surface area contributed by atoms with Gasteiger partial charge in [-0.05, 0) is 0 Å². The number of alkyl halides is 1. The number of hydrogen-bond acceptors (Lipinski definition) is 2. The normalized spacial score (nSPS) is 19.1. The molecule has 2 nitrogen and oxygen atoms in total. The average molecular weight is 150 g/mol. The third-order valence-electron chi connectivity index (χ3n) is 0.726. The van der Waals surface area contributed by atoms with Crippen molar-refractivity contribution in [3.63, 3.8) is 0 Å². The maximum atomic E-state index is 10.3. The molecule has 1 rings (SSSR count). The molecule has 0 N–H and O–H groups in total. The van der Waals surface area contributed by atoms with Gasteiger partial charge in [0.1, 0.15) is 0 Å². The lowest BCUT2D eigenvalue weighted by Gasteiger charge is -1.82. The summed E-state index contributed by atoms with van der Waals surface area (Å²) in [5.74, 6) is 0.781. The van der Waals surface area contributed by atoms with Crippen LogP contribution < -0.4 is 0 Å². The third kappa shape index (κ3) is 1.23. The van der Waals surface area contributed by atoms with Gasteiger partial charge >= 0.3 is 0 Å². The predicted octanol–water partition coefficient (Wildman–Crippen LogP) is 0.897. The van der Waals surface area contributed by atoms with Crippen LogP contribution in [-0.4, -0.2) is 22.6 Å². The molecule has 0 aromatic carbocycles. The van der Waals surface area contributed by atoms with Crippen LogP contribution in [-0.2, 0) is 4.79 Å². The van der Waals surface area contributed by atoms with Gasteiger partial charge in [-0.2, -0.15) is 0 Å². The van der Waals surface area contributed by atoms with Crippen molar-refractivity contribution >= 4 is 34.3 Å². The molecule has 0 saturated carbocycles. The molecule has 8 heavy (non-hydrogen) atoms. The lowest BCUT2D eigenvalue weighted by Crippen LogP contribution is -1.87. The number of thioether (sulfide) groups is 1. The van der Waals surface area contributed by atoms with Crippen LogP contribution in [0.2, 0.25) is 0 Å². The van der Waals surface area contributed by atoms with Crippen molar-refractivity contribution in [1.29, 1.82) is 0 Å². The van der Waals surface area contributed by atoms with E-state index in [2.05, 4.69) is 4.99 Å². The molecule has 1 aliphatic heterocycles. The van der Waals surface area contributed by atoms with E-state index in [9.17, 15) is 4.79 Å². The van der Waals surface area contributed by atoms with Gasteiger partial charge in [-0.1, -0.05) is 11.8 Å². The first-order chi connectivity index (χ1) is 3.83. The second kappa shape index (κ2) is 2.51. The van der Waals surface area contributed by atoms with E-state index in [1.807, 2.05) is 0 Å². The zero-order valence-electron chi connectivity index (χ0n) is 4.06. The fourth-order valence-electron chi connectivity index (χ4n) is 0.417. The van der Waals surface area contributed by atoms with Crippen LogP contribution in [0.3, 0.4) is 0 Å². The molecule has 0 bridgehead atoms. The Labute approximate surface area is 56.3 Å². The van der Waals surface area contributed by atoms with Crippen molar-refractivity contribution in [2.24, 2.45) is 4.99 Å². The number of nitrogens with zero attached hydrogens (tertiary/aromatic N) is 1. The van der Waals surface area contributed by atoms with Crippen LogP contribution in [0, 0.1) is 0 Å². The Hall–Kier alpha value is -0.0200. The molecule has 1 amide bonds. The minimum atomic E-state index is -0.0642. The van der Waals surface area contributed by atoms with E-state index < -0.39 is 0 Å². The summed E-state index contributed by atoms with van der Waals surface area (Å²) in [7, 11) is 0. The topological polar surface area (TPSA) is 29.4 Å². The maximum Gasteiger partial charge on any atom is 0.256 e. The van der Waals surface area contributed by atoms with Crippen LogP contribution >= 0.6 is 23.4 Å². The first kappa shape index (κ1) is 6.11. The van der Waals surface area contributed by atoms with Gasteiger partial charge in [0.2, 0.25) is 0 Å². The van der Waals surface area contributed by atoms with Crippen molar-refractivity contribution in [2.45, 2.75) is 0 Å². The summed E-state index contributed by atoms with van der Waals surface area (Å²) in [6, 6.07) is 0. The summed E-state index contributed by atoms with van der Waals surface area (Å²) in [6.45, 7) is 0. The van der Waals surface area contributed by atoms with Gasteiger partial charge < -0.3 is 0 Å². The van der Waals surface area contributed by atoms with Gasteiger partial charge in [-0.25, -0.2) is 4.99 Å². The number of aliphatic imine (C=N–C) groups is 1. The molecule has 1 aliphatic rings. The molecule has 0 aliphatic carbocycles. The zero-order chi connectivity index (χ0) is 5.98. The van der Waals surface area contributed by atoms with Crippen molar-refractivity contribution < 1.29 is 4.79 Å². The van der Waals surface area contributed by atoms with Crippen molar-refractivity contribution in [1.82, 2.24) is 0 Å². The molecule has 0 aromatic rings. The molecule has 0 spiro atoms. The number of carbonyl (C=O) groups excluding carboxylic acids is 1. The molecule has 0 aromatic heterocycles. The predicted molar refractivity (Wildman–Crippen MR) is 35.6 cm³/mol. The monoisotopic (exact) mass is 149 g/mol. The molecular formula is C4H4ClNOS. The van der Waals surface area contributed by atoms with Crippen LogP contribution in [0.4, 0.5) is 0 Å². The van der Waals surface area contributed by atoms with Crippen LogP contribution in [0.25, 0.3) is 0 Å². The summed E-state index contributed by atoms with van der Waals surface area (Å²) >= 11 is 6.79. The summed E-state index contributed by atoms with van der Waals surface area (Å²) in [5.41, 5.74) is 0. The molecular weight excluding hydrogens is 146 g/mol. The number of carbonyl (C=O) groups is 1. The Morgan fingerprint density at radius 3 is 2.88 bits per heavy atom. The fraction of sp³-hybridized carbons (Fsp3) is 0.500. The summed E-state index contributed by atoms with van der Waals surface area (Å²) in [4.78, 5) is 14.0. The standard InChI is InChI=1S/C4H4ClNOS/c5-1-4-6-3(7)2-8-4/h1-2H2. The highest BCUT2D eigenvalue weighted by atomic mass is 35.5. The van der Waals surface area contributed by atoms with Gasteiger partial charge in [-0.3, -0.25) is 4.79 Å². The van der Waals surface area contributed by atoms with Crippen molar-refractivity contribution in [2.75, 3.05) is 11.6 Å². The van der Waals surface area contributed by atoms with E-state index in [4.69, 9.17) is 11.6 Å². The van der Waals surface area contributed by atoms with E-state index in [-0.39, 0.29) is 5.91 Å². The van der Waals surface area contributed by atoms with Crippen LogP contribution in [0.15, 0.2) is 4.99 Å². The van der Waals surface area contributed by atoms with E-state index in [1.165, 1.54) is 11.8 Å². The Bertz CT molecular complexity index is 145. The van der Waals surface area contributed by atoms with E-state index in [0.29, 0.717) is 11.6 Å². The zero-order valence-corrected chi connectivity index (χ0v) is 5.63. The molecule has 4 heteroatoms. The second-order valence-corrected chi connectivity index (χ2v) is 2.64. The minimum absolute atomic E-state index is 0.0642. The van der Waals surface area contributed by atoms with Gasteiger partial charge in [0.25, 0.3) is 5.91 Å². The van der Waals surface area contributed by atoms with Gasteiger partial charge in [0.15, 0.2) is 0 Å². The van der Waals surface area contributed by atoms with Gasteiger partial charge in [0, 0.05) is 0 Å². The van der Waals surface area contributed by atoms with Crippen molar-refractivity contribution in [3.05, 3.63) is 0 Å². The largest absolute Gasteiger partial charge is 0.272 e. The van der Waals surface area contributed by atoms with E-state index in [0.717, 1.165) is 5.04 Å². The Balaban J connectivity index is 2.57. The van der Waals surface area contributed by atoms with Crippen molar-refractivity contribution in [3.8, 4) is 0 Å². The highest BCUT2D eigenvalue weighted by Crippen LogP contribution is 2.13. The molecule has 0 fully saturated rings. The minimum Gasteiger partial charge on any atom is -0.272 e. The first-order valence-corrected chi connectivity index (χ1v) is 3.64. The highest BCUT2D eigenvalue weighted by Gasteiger charge is 2.12. The maximum absolute atomic E-state index is 10.3. The summed E-state index contributed by atoms with van der Waals surface area (Å²) in [5, 5.41) is 0.747. The SMILES string of the molecule is O=C1CSC(CCl)=N1. The Morgan fingerprint density at radius 1 is 1.88 bits per heavy atom. The van der Waals surface area contributed by atoms with Crippen LogP contribution in [0.1, 0.15) is 0 Å². The molecule has 0 saturated heterocycles. The Morgan fingerprint density at radius 2 is 2.62 bits per heavy atom. The van der Waals surface area contributed by atoms with Gasteiger partial charge in [-0.15, -0.1) is 11.6 Å². The lowest BCUT2D eigenvalue weighted by atomic mass is 10.7. The van der Waals surface area contributed by atoms with E-state index in [1.54, 1.807) is 0 Å².